The average Bonchev–Trinajstić information content (AvgIpc) is 3.19. The first-order valence-corrected chi connectivity index (χ1v) is 10.7. The van der Waals surface area contributed by atoms with Crippen molar-refractivity contribution in [3.05, 3.63) is 59.7 Å². The van der Waals surface area contributed by atoms with E-state index in [4.69, 9.17) is 0 Å². The lowest BCUT2D eigenvalue weighted by atomic mass is 10.2. The van der Waals surface area contributed by atoms with Gasteiger partial charge in [-0.25, -0.2) is 13.6 Å². The maximum absolute atomic E-state index is 14.1. The second kappa shape index (κ2) is 12.6. The van der Waals surface area contributed by atoms with Gasteiger partial charge in [-0.2, -0.15) is 0 Å². The molecule has 0 aromatic heterocycles. The molecule has 1 aliphatic rings. The Labute approximate surface area is 210 Å². The fourth-order valence-electron chi connectivity index (χ4n) is 3.58. The van der Waals surface area contributed by atoms with Crippen LogP contribution in [0.3, 0.4) is 0 Å². The van der Waals surface area contributed by atoms with E-state index in [1.165, 1.54) is 18.2 Å². The first-order chi connectivity index (χ1) is 15.4. The summed E-state index contributed by atoms with van der Waals surface area (Å²) in [5.41, 5.74) is 1.75. The Morgan fingerprint density at radius 2 is 1.82 bits per heavy atom. The normalized spacial score (nSPS) is 15.8. The maximum Gasteiger partial charge on any atom is 0.319 e. The molecule has 180 valence electrons. The van der Waals surface area contributed by atoms with Gasteiger partial charge in [-0.3, -0.25) is 4.99 Å². The summed E-state index contributed by atoms with van der Waals surface area (Å²) < 4.78 is 28.1. The van der Waals surface area contributed by atoms with Gasteiger partial charge in [-0.1, -0.05) is 18.2 Å². The molecule has 10 heteroatoms. The Bertz CT molecular complexity index is 934. The molecule has 3 rings (SSSR count). The molecule has 0 saturated carbocycles. The topological polar surface area (TPSA) is 80.8 Å². The van der Waals surface area contributed by atoms with E-state index in [2.05, 4.69) is 26.3 Å². The molecule has 7 nitrogen and oxygen atoms in total. The van der Waals surface area contributed by atoms with Crippen molar-refractivity contribution < 1.29 is 13.6 Å². The monoisotopic (exact) mass is 572 g/mol. The largest absolute Gasteiger partial charge is 0.365 e. The maximum atomic E-state index is 14.1. The lowest BCUT2D eigenvalue weighted by Crippen LogP contribution is -2.44. The summed E-state index contributed by atoms with van der Waals surface area (Å²) in [5.74, 6) is -0.482. The molecule has 33 heavy (non-hydrogen) atoms. The van der Waals surface area contributed by atoms with Crippen LogP contribution in [0.5, 0.6) is 0 Å². The number of benzene rings is 2. The number of para-hydroxylation sites is 1. The van der Waals surface area contributed by atoms with Gasteiger partial charge in [0.2, 0.25) is 0 Å². The number of carbonyl (C=O) groups excluding carboxylic acids is 1. The van der Waals surface area contributed by atoms with Crippen molar-refractivity contribution in [3.8, 4) is 0 Å². The number of amides is 2. The van der Waals surface area contributed by atoms with E-state index in [0.717, 1.165) is 12.0 Å². The molecule has 2 aromatic carbocycles. The minimum atomic E-state index is -0.548. The minimum absolute atomic E-state index is 0. The van der Waals surface area contributed by atoms with E-state index in [1.807, 2.05) is 38.1 Å². The number of guanidine groups is 1. The minimum Gasteiger partial charge on any atom is -0.365 e. The molecular weight excluding hydrogens is 541 g/mol. The predicted molar refractivity (Wildman–Crippen MR) is 139 cm³/mol. The number of anilines is 2. The molecule has 1 aliphatic heterocycles. The molecule has 0 bridgehead atoms. The van der Waals surface area contributed by atoms with Gasteiger partial charge in [-0.15, -0.1) is 24.0 Å². The highest BCUT2D eigenvalue weighted by Crippen LogP contribution is 2.26. The highest BCUT2D eigenvalue weighted by atomic mass is 127. The van der Waals surface area contributed by atoms with Crippen LogP contribution < -0.4 is 26.2 Å². The summed E-state index contributed by atoms with van der Waals surface area (Å²) >= 11 is 0. The zero-order valence-electron chi connectivity index (χ0n) is 19.0. The lowest BCUT2D eigenvalue weighted by molar-refractivity contribution is 0.250. The fraction of sp³-hybridized carbons (Fsp3) is 0.391. The molecule has 1 heterocycles. The van der Waals surface area contributed by atoms with Crippen molar-refractivity contribution in [1.82, 2.24) is 16.0 Å². The summed E-state index contributed by atoms with van der Waals surface area (Å²) in [4.78, 5) is 17.7. The average molecular weight is 572 g/mol. The second-order valence-electron chi connectivity index (χ2n) is 8.02. The summed E-state index contributed by atoms with van der Waals surface area (Å²) in [6.45, 7) is 5.38. The van der Waals surface area contributed by atoms with Crippen LogP contribution in [0, 0.1) is 11.6 Å². The van der Waals surface area contributed by atoms with E-state index < -0.39 is 11.6 Å². The van der Waals surface area contributed by atoms with Gasteiger partial charge in [0.25, 0.3) is 0 Å². The van der Waals surface area contributed by atoms with Gasteiger partial charge in [-0.05, 0) is 50.1 Å². The van der Waals surface area contributed by atoms with E-state index in [1.54, 1.807) is 11.9 Å². The summed E-state index contributed by atoms with van der Waals surface area (Å²) in [5, 5.41) is 12.1. The standard InChI is InChI=1S/C23H30F2N6O.HI/c1-15(2)28-23(32)30-17-9-7-16(8-10-17)13-27-22(26-3)29-18-11-12-31(14-18)21-19(24)5-4-6-20(21)25;/h4-10,15,18H,11-14H2,1-3H3,(H2,26,27,29)(H2,28,30,32);1H. The summed E-state index contributed by atoms with van der Waals surface area (Å²) in [6.07, 6.45) is 0.743. The van der Waals surface area contributed by atoms with Crippen LogP contribution in [0.25, 0.3) is 0 Å². The molecule has 0 spiro atoms. The van der Waals surface area contributed by atoms with E-state index in [9.17, 15) is 13.6 Å². The first kappa shape index (κ1) is 26.6. The zero-order chi connectivity index (χ0) is 23.1. The van der Waals surface area contributed by atoms with Crippen LogP contribution in [-0.2, 0) is 6.54 Å². The van der Waals surface area contributed by atoms with Crippen molar-refractivity contribution in [3.63, 3.8) is 0 Å². The van der Waals surface area contributed by atoms with Gasteiger partial charge in [0.15, 0.2) is 5.96 Å². The predicted octanol–water partition coefficient (Wildman–Crippen LogP) is 4.06. The smallest absolute Gasteiger partial charge is 0.319 e. The van der Waals surface area contributed by atoms with Gasteiger partial charge in [0.05, 0.1) is 0 Å². The SMILES string of the molecule is CN=C(NCc1ccc(NC(=O)NC(C)C)cc1)NC1CCN(c2c(F)cccc2F)C1.I. The highest BCUT2D eigenvalue weighted by Gasteiger charge is 2.27. The Kier molecular flexibility index (Phi) is 10.1. The van der Waals surface area contributed by atoms with Crippen LogP contribution in [0.4, 0.5) is 25.0 Å². The van der Waals surface area contributed by atoms with Gasteiger partial charge in [0, 0.05) is 44.5 Å². The van der Waals surface area contributed by atoms with Crippen LogP contribution in [0.1, 0.15) is 25.8 Å². The molecule has 4 N–H and O–H groups in total. The molecule has 1 fully saturated rings. The van der Waals surface area contributed by atoms with Gasteiger partial charge < -0.3 is 26.2 Å². The molecule has 0 aliphatic carbocycles. The van der Waals surface area contributed by atoms with Crippen LogP contribution in [0.2, 0.25) is 0 Å². The highest BCUT2D eigenvalue weighted by molar-refractivity contribution is 14.0. The molecule has 2 aromatic rings. The number of carbonyl (C=O) groups is 1. The quantitative estimate of drug-likeness (QED) is 0.239. The molecule has 0 radical (unpaired) electrons. The molecule has 1 unspecified atom stereocenters. The number of nitrogens with zero attached hydrogens (tertiary/aromatic N) is 2. The van der Waals surface area contributed by atoms with E-state index >= 15 is 0 Å². The molecule has 1 saturated heterocycles. The van der Waals surface area contributed by atoms with Gasteiger partial charge >= 0.3 is 6.03 Å². The third-order valence-corrected chi connectivity index (χ3v) is 5.10. The van der Waals surface area contributed by atoms with Crippen molar-refractivity contribution in [2.45, 2.75) is 38.9 Å². The Morgan fingerprint density at radius 3 is 2.42 bits per heavy atom. The Hall–Kier alpha value is -2.63. The van der Waals surface area contributed by atoms with Gasteiger partial charge in [0.1, 0.15) is 17.3 Å². The van der Waals surface area contributed by atoms with Crippen LogP contribution >= 0.6 is 24.0 Å². The van der Waals surface area contributed by atoms with Crippen LogP contribution in [0.15, 0.2) is 47.5 Å². The number of hydrogen-bond donors (Lipinski definition) is 4. The Balaban J connectivity index is 0.00000385. The second-order valence-corrected chi connectivity index (χ2v) is 8.02. The lowest BCUT2D eigenvalue weighted by Gasteiger charge is -2.21. The number of aliphatic imine (C=N–C) groups is 1. The third kappa shape index (κ3) is 7.72. The first-order valence-electron chi connectivity index (χ1n) is 10.7. The van der Waals surface area contributed by atoms with Crippen LogP contribution in [-0.4, -0.2) is 44.2 Å². The zero-order valence-corrected chi connectivity index (χ0v) is 21.3. The van der Waals surface area contributed by atoms with Crippen molar-refractivity contribution >= 4 is 47.3 Å². The van der Waals surface area contributed by atoms with E-state index in [0.29, 0.717) is 31.3 Å². The van der Waals surface area contributed by atoms with Crippen molar-refractivity contribution in [1.29, 1.82) is 0 Å². The molecule has 1 atom stereocenters. The number of hydrogen-bond acceptors (Lipinski definition) is 3. The number of halogens is 3. The number of urea groups is 1. The summed E-state index contributed by atoms with van der Waals surface area (Å²) in [6, 6.07) is 11.3. The number of rotatable bonds is 6. The molecule has 2 amide bonds. The van der Waals surface area contributed by atoms with E-state index in [-0.39, 0.29) is 47.8 Å². The summed E-state index contributed by atoms with van der Waals surface area (Å²) in [7, 11) is 1.68. The van der Waals surface area contributed by atoms with Crippen molar-refractivity contribution in [2.75, 3.05) is 30.4 Å². The fourth-order valence-corrected chi connectivity index (χ4v) is 3.58. The Morgan fingerprint density at radius 1 is 1.15 bits per heavy atom. The van der Waals surface area contributed by atoms with Crippen molar-refractivity contribution in [2.24, 2.45) is 4.99 Å². The third-order valence-electron chi connectivity index (χ3n) is 5.10. The number of nitrogens with one attached hydrogen (secondary N) is 4. The molecular formula is C23H31F2IN6O.